The molecule has 14 heavy (non-hydrogen) atoms. The summed E-state index contributed by atoms with van der Waals surface area (Å²) in [6.45, 7) is 4.26. The number of nitrogens with zero attached hydrogens (tertiary/aromatic N) is 1. The van der Waals surface area contributed by atoms with Crippen molar-refractivity contribution in [3.63, 3.8) is 0 Å². The fourth-order valence-corrected chi connectivity index (χ4v) is 3.03. The SMILES string of the molecule is CC(C)C1SCc2c1nc(N)[nH]c2=O. The van der Waals surface area contributed by atoms with Gasteiger partial charge in [0.05, 0.1) is 16.5 Å². The first-order valence-corrected chi connectivity index (χ1v) is 5.64. The van der Waals surface area contributed by atoms with Crippen LogP contribution in [0.2, 0.25) is 0 Å². The van der Waals surface area contributed by atoms with E-state index in [1.165, 1.54) is 0 Å². The summed E-state index contributed by atoms with van der Waals surface area (Å²) in [4.78, 5) is 18.3. The molecule has 76 valence electrons. The van der Waals surface area contributed by atoms with Gasteiger partial charge in [0, 0.05) is 5.75 Å². The minimum absolute atomic E-state index is 0.0804. The van der Waals surface area contributed by atoms with Gasteiger partial charge in [-0.05, 0) is 5.92 Å². The Morgan fingerprint density at radius 2 is 2.36 bits per heavy atom. The number of nitrogens with two attached hydrogens (primary N) is 1. The Morgan fingerprint density at radius 3 is 3.00 bits per heavy atom. The Hall–Kier alpha value is -0.970. The van der Waals surface area contributed by atoms with Crippen LogP contribution >= 0.6 is 11.8 Å². The average molecular weight is 211 g/mol. The van der Waals surface area contributed by atoms with E-state index in [2.05, 4.69) is 23.8 Å². The molecule has 0 fully saturated rings. The summed E-state index contributed by atoms with van der Waals surface area (Å²) >= 11 is 1.76. The van der Waals surface area contributed by atoms with E-state index in [0.717, 1.165) is 17.0 Å². The van der Waals surface area contributed by atoms with E-state index in [9.17, 15) is 4.79 Å². The number of aromatic nitrogens is 2. The molecule has 0 spiro atoms. The van der Waals surface area contributed by atoms with Crippen LogP contribution in [0, 0.1) is 5.92 Å². The Labute approximate surface area is 86.3 Å². The van der Waals surface area contributed by atoms with Crippen LogP contribution in [-0.2, 0) is 5.75 Å². The highest BCUT2D eigenvalue weighted by molar-refractivity contribution is 7.99. The fraction of sp³-hybridized carbons (Fsp3) is 0.556. The van der Waals surface area contributed by atoms with Gasteiger partial charge in [0.2, 0.25) is 5.95 Å². The van der Waals surface area contributed by atoms with Gasteiger partial charge in [-0.3, -0.25) is 9.78 Å². The molecule has 1 aromatic rings. The maximum absolute atomic E-state index is 11.5. The normalized spacial score (nSPS) is 20.1. The van der Waals surface area contributed by atoms with E-state index in [1.54, 1.807) is 11.8 Å². The van der Waals surface area contributed by atoms with Gasteiger partial charge in [0.25, 0.3) is 5.56 Å². The lowest BCUT2D eigenvalue weighted by molar-refractivity contribution is 0.623. The molecule has 1 atom stereocenters. The minimum Gasteiger partial charge on any atom is -0.369 e. The van der Waals surface area contributed by atoms with E-state index >= 15 is 0 Å². The number of nitrogens with one attached hydrogen (secondary N) is 1. The van der Waals surface area contributed by atoms with E-state index in [0.29, 0.717) is 11.2 Å². The Bertz CT molecular complexity index is 413. The van der Waals surface area contributed by atoms with Gasteiger partial charge in [-0.1, -0.05) is 13.8 Å². The molecule has 2 rings (SSSR count). The number of fused-ring (bicyclic) bond motifs is 1. The third-order valence-corrected chi connectivity index (χ3v) is 3.93. The first kappa shape index (κ1) is 9.58. The molecule has 5 heteroatoms. The Balaban J connectivity index is 2.54. The molecule has 1 unspecified atom stereocenters. The molecule has 0 aromatic carbocycles. The van der Waals surface area contributed by atoms with Gasteiger partial charge in [-0.25, -0.2) is 4.98 Å². The zero-order valence-corrected chi connectivity index (χ0v) is 9.02. The van der Waals surface area contributed by atoms with Crippen LogP contribution in [0.3, 0.4) is 0 Å². The van der Waals surface area contributed by atoms with Crippen LogP contribution < -0.4 is 11.3 Å². The zero-order chi connectivity index (χ0) is 10.3. The van der Waals surface area contributed by atoms with Crippen molar-refractivity contribution in [1.29, 1.82) is 0 Å². The predicted octanol–water partition coefficient (Wildman–Crippen LogP) is 1.30. The highest BCUT2D eigenvalue weighted by Crippen LogP contribution is 2.43. The first-order valence-electron chi connectivity index (χ1n) is 4.59. The van der Waals surface area contributed by atoms with E-state index in [4.69, 9.17) is 5.73 Å². The number of aromatic amines is 1. The number of hydrogen-bond donors (Lipinski definition) is 2. The van der Waals surface area contributed by atoms with Crippen molar-refractivity contribution in [1.82, 2.24) is 9.97 Å². The van der Waals surface area contributed by atoms with Crippen molar-refractivity contribution in [2.75, 3.05) is 5.73 Å². The molecule has 0 radical (unpaired) electrons. The molecule has 1 aliphatic heterocycles. The average Bonchev–Trinajstić information content (AvgIpc) is 2.47. The predicted molar refractivity (Wildman–Crippen MR) is 58.1 cm³/mol. The number of rotatable bonds is 1. The maximum atomic E-state index is 11.5. The molecule has 0 saturated heterocycles. The van der Waals surface area contributed by atoms with Crippen molar-refractivity contribution in [3.05, 3.63) is 21.6 Å². The first-order chi connectivity index (χ1) is 6.59. The summed E-state index contributed by atoms with van der Waals surface area (Å²) < 4.78 is 0. The van der Waals surface area contributed by atoms with Gasteiger partial charge < -0.3 is 5.73 Å². The van der Waals surface area contributed by atoms with Gasteiger partial charge in [-0.2, -0.15) is 0 Å². The van der Waals surface area contributed by atoms with Crippen molar-refractivity contribution >= 4 is 17.7 Å². The summed E-state index contributed by atoms with van der Waals surface area (Å²) in [5.74, 6) is 1.46. The molecular formula is C9H13N3OS. The van der Waals surface area contributed by atoms with Crippen molar-refractivity contribution in [2.45, 2.75) is 24.9 Å². The topological polar surface area (TPSA) is 71.8 Å². The van der Waals surface area contributed by atoms with Gasteiger partial charge in [0.15, 0.2) is 0 Å². The smallest absolute Gasteiger partial charge is 0.256 e. The highest BCUT2D eigenvalue weighted by Gasteiger charge is 2.29. The summed E-state index contributed by atoms with van der Waals surface area (Å²) in [6.07, 6.45) is 0. The second kappa shape index (κ2) is 3.31. The molecule has 0 aliphatic carbocycles. The molecule has 1 aromatic heterocycles. The standard InChI is InChI=1S/C9H13N3OS/c1-4(2)7-6-5(3-14-7)8(13)12-9(10)11-6/h4,7H,3H2,1-2H3,(H3,10,11,12,13). The molecule has 0 saturated carbocycles. The lowest BCUT2D eigenvalue weighted by Gasteiger charge is -2.13. The van der Waals surface area contributed by atoms with Crippen LogP contribution in [-0.4, -0.2) is 9.97 Å². The van der Waals surface area contributed by atoms with Gasteiger partial charge in [-0.15, -0.1) is 11.8 Å². The molecule has 2 heterocycles. The zero-order valence-electron chi connectivity index (χ0n) is 8.20. The number of hydrogen-bond acceptors (Lipinski definition) is 4. The highest BCUT2D eigenvalue weighted by atomic mass is 32.2. The van der Waals surface area contributed by atoms with Crippen LogP contribution in [0.5, 0.6) is 0 Å². The maximum Gasteiger partial charge on any atom is 0.256 e. The molecule has 0 bridgehead atoms. The van der Waals surface area contributed by atoms with Crippen LogP contribution in [0.1, 0.15) is 30.4 Å². The second-order valence-electron chi connectivity index (χ2n) is 3.79. The molecule has 4 nitrogen and oxygen atoms in total. The molecule has 1 aliphatic rings. The number of nitrogen functional groups attached to an aromatic ring is 1. The van der Waals surface area contributed by atoms with Gasteiger partial charge >= 0.3 is 0 Å². The van der Waals surface area contributed by atoms with Crippen LogP contribution in [0.25, 0.3) is 0 Å². The van der Waals surface area contributed by atoms with Crippen molar-refractivity contribution < 1.29 is 0 Å². The fourth-order valence-electron chi connectivity index (χ4n) is 1.67. The summed E-state index contributed by atoms with van der Waals surface area (Å²) in [5.41, 5.74) is 7.11. The lowest BCUT2D eigenvalue weighted by Crippen LogP contribution is -2.17. The molecule has 3 N–H and O–H groups in total. The largest absolute Gasteiger partial charge is 0.369 e. The van der Waals surface area contributed by atoms with E-state index in [1.807, 2.05) is 0 Å². The number of thioether (sulfide) groups is 1. The van der Waals surface area contributed by atoms with Crippen LogP contribution in [0.4, 0.5) is 5.95 Å². The second-order valence-corrected chi connectivity index (χ2v) is 4.92. The Kier molecular flexibility index (Phi) is 2.26. The quantitative estimate of drug-likeness (QED) is 0.734. The molecule has 0 amide bonds. The van der Waals surface area contributed by atoms with Gasteiger partial charge in [0.1, 0.15) is 0 Å². The number of H-pyrrole nitrogens is 1. The van der Waals surface area contributed by atoms with E-state index in [-0.39, 0.29) is 11.5 Å². The summed E-state index contributed by atoms with van der Waals surface area (Å²) in [7, 11) is 0. The van der Waals surface area contributed by atoms with Crippen molar-refractivity contribution in [2.24, 2.45) is 5.92 Å². The third kappa shape index (κ3) is 1.41. The summed E-state index contributed by atoms with van der Waals surface area (Å²) in [6, 6.07) is 0. The monoisotopic (exact) mass is 211 g/mol. The third-order valence-electron chi connectivity index (χ3n) is 2.35. The molecular weight excluding hydrogens is 198 g/mol. The van der Waals surface area contributed by atoms with Crippen LogP contribution in [0.15, 0.2) is 4.79 Å². The number of anilines is 1. The lowest BCUT2D eigenvalue weighted by atomic mass is 10.0. The minimum atomic E-state index is -0.0804. The van der Waals surface area contributed by atoms with E-state index < -0.39 is 0 Å². The Morgan fingerprint density at radius 1 is 1.64 bits per heavy atom. The summed E-state index contributed by atoms with van der Waals surface area (Å²) in [5, 5.41) is 0.314. The van der Waals surface area contributed by atoms with Crippen molar-refractivity contribution in [3.8, 4) is 0 Å².